The third-order valence-electron chi connectivity index (χ3n) is 5.43. The molecule has 2 aromatic heterocycles. The first-order valence-electron chi connectivity index (χ1n) is 9.72. The number of rotatable bonds is 6. The number of piperidine rings is 1. The number of aromatic nitrogens is 2. The van der Waals surface area contributed by atoms with Gasteiger partial charge in [0.15, 0.2) is 0 Å². The van der Waals surface area contributed by atoms with Gasteiger partial charge < -0.3 is 10.0 Å². The Morgan fingerprint density at radius 3 is 2.54 bits per heavy atom. The molecule has 1 saturated heterocycles. The lowest BCUT2D eigenvalue weighted by Crippen LogP contribution is -2.48. The minimum Gasteiger partial charge on any atom is -0.388 e. The summed E-state index contributed by atoms with van der Waals surface area (Å²) >= 11 is 1.59. The summed E-state index contributed by atoms with van der Waals surface area (Å²) in [5, 5.41) is 17.5. The molecule has 1 aliphatic heterocycles. The molecule has 0 bridgehead atoms. The minimum atomic E-state index is -0.881. The Labute approximate surface area is 168 Å². The minimum absolute atomic E-state index is 0.166. The van der Waals surface area contributed by atoms with Crippen LogP contribution in [0.1, 0.15) is 18.4 Å². The standard InChI is InChI=1S/C22H25N3O2S/c26-21-9-8-19(20-7-4-16-28-20)23-25(21)17-22(27)11-14-24(15-12-22)13-10-18-5-2-1-3-6-18/h1-9,16,27H,10-15,17H2. The highest BCUT2D eigenvalue weighted by atomic mass is 32.1. The fourth-order valence-corrected chi connectivity index (χ4v) is 4.37. The van der Waals surface area contributed by atoms with E-state index < -0.39 is 5.60 Å². The number of hydrogen-bond donors (Lipinski definition) is 1. The lowest BCUT2D eigenvalue weighted by molar-refractivity contribution is -0.0370. The number of nitrogens with zero attached hydrogens (tertiary/aromatic N) is 3. The van der Waals surface area contributed by atoms with Gasteiger partial charge in [0.25, 0.3) is 5.56 Å². The SMILES string of the molecule is O=c1ccc(-c2cccs2)nn1CC1(O)CCN(CCc2ccccc2)CC1. The zero-order valence-corrected chi connectivity index (χ0v) is 16.6. The van der Waals surface area contributed by atoms with Crippen molar-refractivity contribution in [2.75, 3.05) is 19.6 Å². The number of benzene rings is 1. The molecule has 146 valence electrons. The van der Waals surface area contributed by atoms with Crippen LogP contribution in [0.15, 0.2) is 64.8 Å². The summed E-state index contributed by atoms with van der Waals surface area (Å²) < 4.78 is 1.43. The molecule has 1 fully saturated rings. The Bertz CT molecular complexity index is 945. The molecule has 0 radical (unpaired) electrons. The predicted molar refractivity (Wildman–Crippen MR) is 113 cm³/mol. The molecule has 3 heterocycles. The molecule has 1 N–H and O–H groups in total. The molecule has 5 nitrogen and oxygen atoms in total. The Kier molecular flexibility index (Phi) is 5.71. The summed E-state index contributed by atoms with van der Waals surface area (Å²) in [6.45, 7) is 2.91. The van der Waals surface area contributed by atoms with Crippen LogP contribution in [0.3, 0.4) is 0 Å². The number of hydrogen-bond acceptors (Lipinski definition) is 5. The third kappa shape index (κ3) is 4.58. The Hall–Kier alpha value is -2.28. The van der Waals surface area contributed by atoms with Crippen molar-refractivity contribution in [3.05, 3.63) is 75.9 Å². The van der Waals surface area contributed by atoms with Crippen molar-refractivity contribution >= 4 is 11.3 Å². The highest BCUT2D eigenvalue weighted by Crippen LogP contribution is 2.25. The summed E-state index contributed by atoms with van der Waals surface area (Å²) in [5.74, 6) is 0. The van der Waals surface area contributed by atoms with Crippen LogP contribution in [-0.4, -0.2) is 45.0 Å². The third-order valence-corrected chi connectivity index (χ3v) is 6.32. The van der Waals surface area contributed by atoms with Crippen molar-refractivity contribution in [3.8, 4) is 10.6 Å². The molecule has 0 saturated carbocycles. The average Bonchev–Trinajstić information content (AvgIpc) is 3.25. The fraction of sp³-hybridized carbons (Fsp3) is 0.364. The van der Waals surface area contributed by atoms with E-state index in [2.05, 4.69) is 34.3 Å². The van der Waals surface area contributed by atoms with Crippen molar-refractivity contribution in [3.63, 3.8) is 0 Å². The van der Waals surface area contributed by atoms with Crippen molar-refractivity contribution in [2.45, 2.75) is 31.4 Å². The van der Waals surface area contributed by atoms with Gasteiger partial charge in [0.05, 0.1) is 17.0 Å². The van der Waals surface area contributed by atoms with Gasteiger partial charge in [-0.2, -0.15) is 5.10 Å². The fourth-order valence-electron chi connectivity index (χ4n) is 3.68. The summed E-state index contributed by atoms with van der Waals surface area (Å²) in [6.07, 6.45) is 2.32. The summed E-state index contributed by atoms with van der Waals surface area (Å²) in [7, 11) is 0. The first-order valence-corrected chi connectivity index (χ1v) is 10.6. The van der Waals surface area contributed by atoms with E-state index in [4.69, 9.17) is 0 Å². The lowest BCUT2D eigenvalue weighted by Gasteiger charge is -2.38. The van der Waals surface area contributed by atoms with Gasteiger partial charge in [0.1, 0.15) is 5.69 Å². The van der Waals surface area contributed by atoms with Crippen molar-refractivity contribution in [1.82, 2.24) is 14.7 Å². The second kappa shape index (κ2) is 8.39. The van der Waals surface area contributed by atoms with Crippen LogP contribution >= 0.6 is 11.3 Å². The molecule has 1 aliphatic rings. The van der Waals surface area contributed by atoms with Crippen molar-refractivity contribution in [1.29, 1.82) is 0 Å². The first-order chi connectivity index (χ1) is 13.6. The Balaban J connectivity index is 1.37. The van der Waals surface area contributed by atoms with Crippen LogP contribution in [-0.2, 0) is 13.0 Å². The van der Waals surface area contributed by atoms with Crippen LogP contribution in [0, 0.1) is 0 Å². The van der Waals surface area contributed by atoms with Gasteiger partial charge in [0, 0.05) is 25.7 Å². The van der Waals surface area contributed by atoms with Gasteiger partial charge in [-0.25, -0.2) is 4.68 Å². The van der Waals surface area contributed by atoms with Crippen LogP contribution in [0.5, 0.6) is 0 Å². The van der Waals surface area contributed by atoms with E-state index in [1.807, 2.05) is 23.6 Å². The van der Waals surface area contributed by atoms with Crippen LogP contribution in [0.2, 0.25) is 0 Å². The van der Waals surface area contributed by atoms with Gasteiger partial charge in [0.2, 0.25) is 0 Å². The molecule has 0 amide bonds. The molecule has 1 aromatic carbocycles. The van der Waals surface area contributed by atoms with Crippen LogP contribution < -0.4 is 5.56 Å². The maximum absolute atomic E-state index is 12.3. The molecule has 0 aliphatic carbocycles. The van der Waals surface area contributed by atoms with Gasteiger partial charge in [-0.05, 0) is 42.3 Å². The van der Waals surface area contributed by atoms with E-state index in [0.717, 1.165) is 36.6 Å². The Morgan fingerprint density at radius 2 is 1.82 bits per heavy atom. The summed E-state index contributed by atoms with van der Waals surface area (Å²) in [5.41, 5.74) is 1.07. The van der Waals surface area contributed by atoms with Gasteiger partial charge in [-0.15, -0.1) is 11.3 Å². The van der Waals surface area contributed by atoms with Gasteiger partial charge >= 0.3 is 0 Å². The van der Waals surface area contributed by atoms with E-state index in [0.29, 0.717) is 12.8 Å². The highest BCUT2D eigenvalue weighted by molar-refractivity contribution is 7.13. The molecular formula is C22H25N3O2S. The molecule has 3 aromatic rings. The molecule has 4 rings (SSSR count). The predicted octanol–water partition coefficient (Wildman–Crippen LogP) is 3.04. The number of aliphatic hydroxyl groups is 1. The molecule has 0 atom stereocenters. The summed E-state index contributed by atoms with van der Waals surface area (Å²) in [6, 6.07) is 17.7. The molecule has 28 heavy (non-hydrogen) atoms. The van der Waals surface area contributed by atoms with E-state index in [1.165, 1.54) is 10.2 Å². The zero-order chi connectivity index (χ0) is 19.4. The smallest absolute Gasteiger partial charge is 0.266 e. The maximum atomic E-state index is 12.3. The van der Waals surface area contributed by atoms with Gasteiger partial charge in [-0.3, -0.25) is 4.79 Å². The van der Waals surface area contributed by atoms with E-state index >= 15 is 0 Å². The molecule has 0 unspecified atom stereocenters. The normalized spacial score (nSPS) is 16.9. The van der Waals surface area contributed by atoms with E-state index in [9.17, 15) is 9.90 Å². The highest BCUT2D eigenvalue weighted by Gasteiger charge is 2.33. The quantitative estimate of drug-likeness (QED) is 0.697. The second-order valence-electron chi connectivity index (χ2n) is 7.49. The van der Waals surface area contributed by atoms with E-state index in [1.54, 1.807) is 23.5 Å². The summed E-state index contributed by atoms with van der Waals surface area (Å²) in [4.78, 5) is 15.7. The lowest BCUT2D eigenvalue weighted by atomic mass is 9.91. The monoisotopic (exact) mass is 395 g/mol. The second-order valence-corrected chi connectivity index (χ2v) is 8.44. The largest absolute Gasteiger partial charge is 0.388 e. The zero-order valence-electron chi connectivity index (χ0n) is 15.8. The maximum Gasteiger partial charge on any atom is 0.266 e. The van der Waals surface area contributed by atoms with E-state index in [-0.39, 0.29) is 12.1 Å². The van der Waals surface area contributed by atoms with Gasteiger partial charge in [-0.1, -0.05) is 36.4 Å². The van der Waals surface area contributed by atoms with Crippen LogP contribution in [0.25, 0.3) is 10.6 Å². The van der Waals surface area contributed by atoms with Crippen molar-refractivity contribution in [2.24, 2.45) is 0 Å². The Morgan fingerprint density at radius 1 is 1.04 bits per heavy atom. The average molecular weight is 396 g/mol. The first kappa shape index (κ1) is 19.1. The molecule has 6 heteroatoms. The van der Waals surface area contributed by atoms with Crippen LogP contribution in [0.4, 0.5) is 0 Å². The topological polar surface area (TPSA) is 58.4 Å². The number of thiophene rings is 1. The van der Waals surface area contributed by atoms with Crippen molar-refractivity contribution < 1.29 is 5.11 Å². The molecule has 0 spiro atoms. The number of likely N-dealkylation sites (tertiary alicyclic amines) is 1. The molecular weight excluding hydrogens is 370 g/mol.